The highest BCUT2D eigenvalue weighted by Gasteiger charge is 2.21. The Morgan fingerprint density at radius 2 is 1.76 bits per heavy atom. The summed E-state index contributed by atoms with van der Waals surface area (Å²) < 4.78 is 10.4. The molecule has 7 heteroatoms. The molecule has 0 bridgehead atoms. The van der Waals surface area contributed by atoms with Gasteiger partial charge in [0.05, 0.1) is 5.56 Å². The van der Waals surface area contributed by atoms with E-state index in [1.165, 1.54) is 0 Å². The first kappa shape index (κ1) is 20.3. The summed E-state index contributed by atoms with van der Waals surface area (Å²) in [7, 11) is 3.82. The number of carbonyl (C=O) groups excluding carboxylic acids is 2. The Hall–Kier alpha value is -3.45. The van der Waals surface area contributed by atoms with E-state index in [0.717, 1.165) is 5.56 Å². The highest BCUT2D eigenvalue weighted by atomic mass is 16.5. The van der Waals surface area contributed by atoms with Crippen LogP contribution < -0.4 is 5.32 Å². The predicted molar refractivity (Wildman–Crippen MR) is 110 cm³/mol. The van der Waals surface area contributed by atoms with Gasteiger partial charge < -0.3 is 19.5 Å². The van der Waals surface area contributed by atoms with Gasteiger partial charge in [-0.1, -0.05) is 35.5 Å². The maximum Gasteiger partial charge on any atom is 0.338 e. The van der Waals surface area contributed by atoms with E-state index in [1.54, 1.807) is 31.2 Å². The maximum absolute atomic E-state index is 12.8. The van der Waals surface area contributed by atoms with E-state index < -0.39 is 5.97 Å². The quantitative estimate of drug-likeness (QED) is 0.617. The first-order chi connectivity index (χ1) is 14.0. The fourth-order valence-corrected chi connectivity index (χ4v) is 2.72. The van der Waals surface area contributed by atoms with Gasteiger partial charge in [-0.15, -0.1) is 0 Å². The number of ether oxygens (including phenoxy) is 1. The van der Waals surface area contributed by atoms with E-state index in [4.69, 9.17) is 9.26 Å². The van der Waals surface area contributed by atoms with E-state index in [2.05, 4.69) is 10.5 Å². The number of benzene rings is 2. The molecular formula is C22H23N3O4. The lowest BCUT2D eigenvalue weighted by Crippen LogP contribution is -2.20. The van der Waals surface area contributed by atoms with Crippen molar-refractivity contribution in [3.63, 3.8) is 0 Å². The Labute approximate surface area is 169 Å². The van der Waals surface area contributed by atoms with Crippen LogP contribution in [0.4, 0.5) is 5.69 Å². The van der Waals surface area contributed by atoms with Crippen molar-refractivity contribution in [2.45, 2.75) is 6.92 Å². The molecule has 3 aromatic rings. The lowest BCUT2D eigenvalue weighted by Gasteiger charge is -2.10. The number of likely N-dealkylation sites (N-methyl/N-ethyl adjacent to an activating group) is 1. The third-order valence-corrected chi connectivity index (χ3v) is 4.29. The fraction of sp³-hybridized carbons (Fsp3) is 0.227. The smallest absolute Gasteiger partial charge is 0.338 e. The highest BCUT2D eigenvalue weighted by Crippen LogP contribution is 2.26. The van der Waals surface area contributed by atoms with Crippen molar-refractivity contribution in [3.05, 3.63) is 71.5 Å². The van der Waals surface area contributed by atoms with Crippen LogP contribution in [0.2, 0.25) is 0 Å². The Balaban J connectivity index is 1.69. The molecule has 0 radical (unpaired) electrons. The predicted octanol–water partition coefficient (Wildman–Crippen LogP) is 3.62. The second kappa shape index (κ2) is 9.16. The number of carbonyl (C=O) groups is 2. The molecule has 0 aliphatic heterocycles. The Morgan fingerprint density at radius 1 is 1.07 bits per heavy atom. The zero-order valence-electron chi connectivity index (χ0n) is 16.6. The number of hydrogen-bond acceptors (Lipinski definition) is 6. The molecule has 7 nitrogen and oxygen atoms in total. The first-order valence-corrected chi connectivity index (χ1v) is 9.20. The number of nitrogens with one attached hydrogen (secondary N) is 1. The van der Waals surface area contributed by atoms with Crippen LogP contribution in [0.15, 0.2) is 59.1 Å². The van der Waals surface area contributed by atoms with Gasteiger partial charge in [-0.25, -0.2) is 4.79 Å². The van der Waals surface area contributed by atoms with Gasteiger partial charge in [-0.2, -0.15) is 0 Å². The van der Waals surface area contributed by atoms with Crippen molar-refractivity contribution in [2.24, 2.45) is 0 Å². The standard InChI is InChI=1S/C22H23N3O4/c1-15-19(20(24-29-15)16-7-5-4-6-8-16)21(26)23-18-11-9-17(10-12-18)22(27)28-14-13-25(2)3/h4-12H,13-14H2,1-3H3,(H,23,26). The van der Waals surface area contributed by atoms with Gasteiger partial charge in [-0.05, 0) is 45.3 Å². The summed E-state index contributed by atoms with van der Waals surface area (Å²) in [4.78, 5) is 26.8. The summed E-state index contributed by atoms with van der Waals surface area (Å²) in [6.45, 7) is 2.67. The lowest BCUT2D eigenvalue weighted by atomic mass is 10.1. The van der Waals surface area contributed by atoms with Crippen molar-refractivity contribution in [3.8, 4) is 11.3 Å². The molecule has 0 unspecified atom stereocenters. The molecule has 0 aliphatic rings. The first-order valence-electron chi connectivity index (χ1n) is 9.20. The molecule has 0 atom stereocenters. The van der Waals surface area contributed by atoms with Crippen LogP contribution in [0.3, 0.4) is 0 Å². The Morgan fingerprint density at radius 3 is 2.41 bits per heavy atom. The lowest BCUT2D eigenvalue weighted by molar-refractivity contribution is 0.0482. The molecule has 0 spiro atoms. The molecule has 0 saturated carbocycles. The van der Waals surface area contributed by atoms with Crippen LogP contribution in [0, 0.1) is 6.92 Å². The Kier molecular flexibility index (Phi) is 6.41. The second-order valence-electron chi connectivity index (χ2n) is 6.80. The molecule has 29 heavy (non-hydrogen) atoms. The summed E-state index contributed by atoms with van der Waals surface area (Å²) in [5.41, 5.74) is 2.64. The number of nitrogens with zero attached hydrogens (tertiary/aromatic N) is 2. The number of amides is 1. The van der Waals surface area contributed by atoms with Crippen LogP contribution >= 0.6 is 0 Å². The van der Waals surface area contributed by atoms with E-state index in [-0.39, 0.29) is 5.91 Å². The number of anilines is 1. The third kappa shape index (κ3) is 5.08. The molecule has 3 rings (SSSR count). The molecule has 150 valence electrons. The van der Waals surface area contributed by atoms with Gasteiger partial charge in [0.25, 0.3) is 5.91 Å². The molecule has 0 fully saturated rings. The van der Waals surface area contributed by atoms with Crippen molar-refractivity contribution in [2.75, 3.05) is 32.6 Å². The largest absolute Gasteiger partial charge is 0.461 e. The van der Waals surface area contributed by atoms with Crippen molar-refractivity contribution < 1.29 is 18.8 Å². The molecule has 1 amide bonds. The minimum absolute atomic E-state index is 0.319. The summed E-state index contributed by atoms with van der Waals surface area (Å²) in [6, 6.07) is 15.9. The van der Waals surface area contributed by atoms with Crippen molar-refractivity contribution in [1.29, 1.82) is 0 Å². The van der Waals surface area contributed by atoms with Crippen molar-refractivity contribution in [1.82, 2.24) is 10.1 Å². The van der Waals surface area contributed by atoms with E-state index in [0.29, 0.717) is 41.4 Å². The summed E-state index contributed by atoms with van der Waals surface area (Å²) in [6.07, 6.45) is 0. The molecule has 1 heterocycles. The van der Waals surface area contributed by atoms with Crippen LogP contribution in [-0.4, -0.2) is 49.2 Å². The van der Waals surface area contributed by atoms with E-state index in [9.17, 15) is 9.59 Å². The Bertz CT molecular complexity index is 979. The third-order valence-electron chi connectivity index (χ3n) is 4.29. The summed E-state index contributed by atoms with van der Waals surface area (Å²) >= 11 is 0. The average molecular weight is 393 g/mol. The minimum atomic E-state index is -0.397. The van der Waals surface area contributed by atoms with E-state index in [1.807, 2.05) is 49.3 Å². The molecule has 0 saturated heterocycles. The van der Waals surface area contributed by atoms with Gasteiger partial charge in [0.2, 0.25) is 0 Å². The normalized spacial score (nSPS) is 10.8. The SMILES string of the molecule is Cc1onc(-c2ccccc2)c1C(=O)Nc1ccc(C(=O)OCCN(C)C)cc1. The van der Waals surface area contributed by atoms with Crippen LogP contribution in [-0.2, 0) is 4.74 Å². The zero-order chi connectivity index (χ0) is 20.8. The van der Waals surface area contributed by atoms with Gasteiger partial charge in [-0.3, -0.25) is 4.79 Å². The van der Waals surface area contributed by atoms with Crippen LogP contribution in [0.25, 0.3) is 11.3 Å². The molecule has 0 aliphatic carbocycles. The maximum atomic E-state index is 12.8. The molecule has 1 N–H and O–H groups in total. The number of aromatic nitrogens is 1. The van der Waals surface area contributed by atoms with E-state index >= 15 is 0 Å². The number of aryl methyl sites for hydroxylation is 1. The zero-order valence-corrected chi connectivity index (χ0v) is 16.6. The van der Waals surface area contributed by atoms with Gasteiger partial charge in [0.1, 0.15) is 23.6 Å². The number of esters is 1. The van der Waals surface area contributed by atoms with Crippen molar-refractivity contribution >= 4 is 17.6 Å². The van der Waals surface area contributed by atoms with Gasteiger partial charge in [0, 0.05) is 17.8 Å². The second-order valence-corrected chi connectivity index (χ2v) is 6.80. The topological polar surface area (TPSA) is 84.7 Å². The number of hydrogen-bond donors (Lipinski definition) is 1. The van der Waals surface area contributed by atoms with Crippen LogP contribution in [0.1, 0.15) is 26.5 Å². The monoisotopic (exact) mass is 393 g/mol. The van der Waals surface area contributed by atoms with Gasteiger partial charge >= 0.3 is 5.97 Å². The highest BCUT2D eigenvalue weighted by molar-refractivity contribution is 6.08. The fourth-order valence-electron chi connectivity index (χ4n) is 2.72. The van der Waals surface area contributed by atoms with Gasteiger partial charge in [0.15, 0.2) is 0 Å². The summed E-state index contributed by atoms with van der Waals surface area (Å²) in [5, 5.41) is 6.85. The molecule has 2 aromatic carbocycles. The average Bonchev–Trinajstić information content (AvgIpc) is 3.10. The molecule has 1 aromatic heterocycles. The number of rotatable bonds is 7. The molecular weight excluding hydrogens is 370 g/mol. The van der Waals surface area contributed by atoms with Crippen LogP contribution in [0.5, 0.6) is 0 Å². The minimum Gasteiger partial charge on any atom is -0.461 e. The summed E-state index contributed by atoms with van der Waals surface area (Å²) in [5.74, 6) is -0.294.